The molecule has 7 nitrogen and oxygen atoms in total. The number of hydrogen-bond donors (Lipinski definition) is 0. The minimum absolute atomic E-state index is 0.207. The van der Waals surface area contributed by atoms with Crippen LogP contribution in [0.5, 0.6) is 5.75 Å². The van der Waals surface area contributed by atoms with Crippen molar-refractivity contribution in [3.05, 3.63) is 95.6 Å². The number of hydrogen-bond acceptors (Lipinski definition) is 6. The fraction of sp³-hybridized carbons (Fsp3) is 0.214. The molecule has 7 heteroatoms. The van der Waals surface area contributed by atoms with Crippen LogP contribution in [0.1, 0.15) is 39.3 Å². The van der Waals surface area contributed by atoms with Crippen LogP contribution in [-0.2, 0) is 14.3 Å². The number of fused-ring (bicyclic) bond motifs is 3. The van der Waals surface area contributed by atoms with E-state index in [1.54, 1.807) is 79.7 Å². The number of nitrogens with zero attached hydrogens (tertiary/aromatic N) is 1. The monoisotopic (exact) mass is 467 g/mol. The maximum atomic E-state index is 14.0. The molecule has 3 aromatic rings. The minimum Gasteiger partial charge on any atom is -0.492 e. The summed E-state index contributed by atoms with van der Waals surface area (Å²) in [5, 5.41) is 0. The van der Waals surface area contributed by atoms with Crippen molar-refractivity contribution in [2.75, 3.05) is 11.5 Å². The van der Waals surface area contributed by atoms with Gasteiger partial charge in [-0.3, -0.25) is 19.2 Å². The summed E-state index contributed by atoms with van der Waals surface area (Å²) in [6.45, 7) is 2.15. The Labute approximate surface area is 201 Å². The van der Waals surface area contributed by atoms with Crippen molar-refractivity contribution >= 4 is 29.1 Å². The Hall–Kier alpha value is -4.10. The van der Waals surface area contributed by atoms with E-state index in [2.05, 4.69) is 0 Å². The quantitative estimate of drug-likeness (QED) is 0.429. The van der Waals surface area contributed by atoms with Gasteiger partial charge in [-0.25, -0.2) is 4.90 Å². The van der Waals surface area contributed by atoms with Gasteiger partial charge in [0.1, 0.15) is 5.75 Å². The Morgan fingerprint density at radius 2 is 1.40 bits per heavy atom. The number of amides is 2. The second kappa shape index (κ2) is 7.71. The highest BCUT2D eigenvalue weighted by Gasteiger charge is 2.74. The van der Waals surface area contributed by atoms with Crippen LogP contribution in [0.3, 0.4) is 0 Å². The van der Waals surface area contributed by atoms with Crippen LogP contribution in [0, 0.1) is 11.8 Å². The number of Topliss-reactive ketones (excluding diaryl/α,β-unsaturated/α-hetero) is 2. The minimum atomic E-state index is -2.09. The van der Waals surface area contributed by atoms with Crippen molar-refractivity contribution in [1.29, 1.82) is 0 Å². The van der Waals surface area contributed by atoms with Gasteiger partial charge in [0.2, 0.25) is 29.0 Å². The molecule has 35 heavy (non-hydrogen) atoms. The van der Waals surface area contributed by atoms with Gasteiger partial charge in [0.15, 0.2) is 0 Å². The fourth-order valence-electron chi connectivity index (χ4n) is 5.62. The molecule has 3 aliphatic rings. The van der Waals surface area contributed by atoms with Gasteiger partial charge in [0.05, 0.1) is 30.2 Å². The van der Waals surface area contributed by atoms with Crippen LogP contribution in [0.4, 0.5) is 5.69 Å². The number of benzene rings is 3. The predicted octanol–water partition coefficient (Wildman–Crippen LogP) is 3.78. The van der Waals surface area contributed by atoms with Crippen molar-refractivity contribution in [2.45, 2.75) is 18.6 Å². The van der Waals surface area contributed by atoms with E-state index in [0.717, 1.165) is 4.90 Å². The normalized spacial score (nSPS) is 24.3. The first kappa shape index (κ1) is 21.4. The molecule has 2 amide bonds. The highest BCUT2D eigenvalue weighted by Crippen LogP contribution is 2.58. The highest BCUT2D eigenvalue weighted by atomic mass is 16.5. The summed E-state index contributed by atoms with van der Waals surface area (Å²) in [7, 11) is 0. The lowest BCUT2D eigenvalue weighted by molar-refractivity contribution is -0.127. The molecular formula is C28H21NO6. The molecule has 0 unspecified atom stereocenters. The van der Waals surface area contributed by atoms with E-state index in [-0.39, 0.29) is 16.8 Å². The molecule has 0 radical (unpaired) electrons. The topological polar surface area (TPSA) is 90.0 Å². The Morgan fingerprint density at radius 1 is 0.800 bits per heavy atom. The van der Waals surface area contributed by atoms with E-state index in [4.69, 9.17) is 9.47 Å². The van der Waals surface area contributed by atoms with Gasteiger partial charge >= 0.3 is 0 Å². The molecule has 1 spiro atoms. The smallest absolute Gasteiger partial charge is 0.241 e. The first-order valence-electron chi connectivity index (χ1n) is 11.5. The van der Waals surface area contributed by atoms with Gasteiger partial charge in [-0.15, -0.1) is 0 Å². The highest BCUT2D eigenvalue weighted by molar-refractivity contribution is 6.37. The number of carbonyl (C=O) groups excluding carboxylic acids is 4. The van der Waals surface area contributed by atoms with Crippen molar-refractivity contribution < 1.29 is 28.7 Å². The lowest BCUT2D eigenvalue weighted by Gasteiger charge is -2.27. The summed E-state index contributed by atoms with van der Waals surface area (Å²) < 4.78 is 12.0. The average molecular weight is 467 g/mol. The third-order valence-electron chi connectivity index (χ3n) is 7.05. The molecular weight excluding hydrogens is 446 g/mol. The number of ketones is 2. The Balaban J connectivity index is 1.54. The Kier molecular flexibility index (Phi) is 4.72. The third kappa shape index (κ3) is 2.76. The van der Waals surface area contributed by atoms with Crippen LogP contribution < -0.4 is 9.64 Å². The second-order valence-corrected chi connectivity index (χ2v) is 8.80. The van der Waals surface area contributed by atoms with Gasteiger partial charge in [-0.2, -0.15) is 0 Å². The van der Waals surface area contributed by atoms with Crippen LogP contribution in [0.15, 0.2) is 78.9 Å². The number of carbonyl (C=O) groups is 4. The number of rotatable bonds is 4. The lowest BCUT2D eigenvalue weighted by Crippen LogP contribution is -2.51. The first-order valence-corrected chi connectivity index (χ1v) is 11.5. The standard InChI is InChI=1S/C28H21NO6/c1-2-34-20-15-9-8-14-19(20)29-26(32)21-22(27(29)33)28(35-23(21)16-10-4-3-5-11-16)24(30)17-12-6-7-13-18(17)25(28)31/h3-15,21-23H,2H2,1H3/t21-,22+,23-/m0/s1. The third-order valence-corrected chi connectivity index (χ3v) is 7.05. The van der Waals surface area contributed by atoms with E-state index in [9.17, 15) is 19.2 Å². The molecule has 2 saturated heterocycles. The van der Waals surface area contributed by atoms with E-state index in [0.29, 0.717) is 17.9 Å². The second-order valence-electron chi connectivity index (χ2n) is 8.80. The molecule has 0 N–H and O–H groups in total. The van der Waals surface area contributed by atoms with Crippen LogP contribution in [-0.4, -0.2) is 35.6 Å². The molecule has 174 valence electrons. The molecule has 3 atom stereocenters. The SMILES string of the molecule is CCOc1ccccc1N1C(=O)[C@@H]2[C@H](c3ccccc3)OC3(C(=O)c4ccccc4C3=O)[C@H]2C1=O. The molecule has 1 aliphatic carbocycles. The zero-order valence-electron chi connectivity index (χ0n) is 18.8. The number of imide groups is 1. The van der Waals surface area contributed by atoms with E-state index < -0.39 is 46.9 Å². The van der Waals surface area contributed by atoms with Crippen molar-refractivity contribution in [1.82, 2.24) is 0 Å². The van der Waals surface area contributed by atoms with Crippen LogP contribution in [0.25, 0.3) is 0 Å². The van der Waals surface area contributed by atoms with Crippen LogP contribution in [0.2, 0.25) is 0 Å². The Morgan fingerprint density at radius 3 is 2.06 bits per heavy atom. The maximum absolute atomic E-state index is 14.0. The average Bonchev–Trinajstić information content (AvgIpc) is 3.45. The molecule has 2 aliphatic heterocycles. The van der Waals surface area contributed by atoms with Crippen molar-refractivity contribution in [3.8, 4) is 5.75 Å². The van der Waals surface area contributed by atoms with Gasteiger partial charge in [0.25, 0.3) is 0 Å². The fourth-order valence-corrected chi connectivity index (χ4v) is 5.62. The summed E-state index contributed by atoms with van der Waals surface area (Å²) in [5.74, 6) is -4.27. The molecule has 2 fully saturated rings. The zero-order valence-corrected chi connectivity index (χ0v) is 18.8. The van der Waals surface area contributed by atoms with Crippen molar-refractivity contribution in [3.63, 3.8) is 0 Å². The predicted molar refractivity (Wildman–Crippen MR) is 125 cm³/mol. The van der Waals surface area contributed by atoms with Gasteiger partial charge < -0.3 is 9.47 Å². The zero-order chi connectivity index (χ0) is 24.3. The summed E-state index contributed by atoms with van der Waals surface area (Å²) >= 11 is 0. The number of anilines is 1. The molecule has 0 saturated carbocycles. The molecule has 2 heterocycles. The van der Waals surface area contributed by atoms with Crippen molar-refractivity contribution in [2.24, 2.45) is 11.8 Å². The molecule has 0 aromatic heterocycles. The molecule has 6 rings (SSSR count). The lowest BCUT2D eigenvalue weighted by atomic mass is 9.77. The number of para-hydroxylation sites is 2. The molecule has 3 aromatic carbocycles. The van der Waals surface area contributed by atoms with Gasteiger partial charge in [0, 0.05) is 11.1 Å². The van der Waals surface area contributed by atoms with Gasteiger partial charge in [-0.05, 0) is 24.6 Å². The van der Waals surface area contributed by atoms with E-state index >= 15 is 0 Å². The first-order chi connectivity index (χ1) is 17.0. The maximum Gasteiger partial charge on any atom is 0.241 e. The van der Waals surface area contributed by atoms with Gasteiger partial charge in [-0.1, -0.05) is 66.7 Å². The summed E-state index contributed by atoms with van der Waals surface area (Å²) in [5.41, 5.74) is -0.762. The van der Waals surface area contributed by atoms with E-state index in [1.165, 1.54) is 0 Å². The number of ether oxygens (including phenoxy) is 2. The molecule has 0 bridgehead atoms. The summed E-state index contributed by atoms with van der Waals surface area (Å²) in [6.07, 6.45) is -0.941. The summed E-state index contributed by atoms with van der Waals surface area (Å²) in [4.78, 5) is 56.5. The van der Waals surface area contributed by atoms with E-state index in [1.807, 2.05) is 6.07 Å². The Bertz CT molecular complexity index is 1360. The summed E-state index contributed by atoms with van der Waals surface area (Å²) in [6, 6.07) is 22.1. The van der Waals surface area contributed by atoms with Crippen LogP contribution >= 0.6 is 0 Å². The largest absolute Gasteiger partial charge is 0.492 e.